The maximum atomic E-state index is 12.6. The summed E-state index contributed by atoms with van der Waals surface area (Å²) in [6.45, 7) is 2.84. The van der Waals surface area contributed by atoms with Gasteiger partial charge >= 0.3 is 11.9 Å². The number of carbonyl (C=O) groups excluding carboxylic acids is 4. The lowest BCUT2D eigenvalue weighted by molar-refractivity contribution is -0.873. The molecule has 1 rings (SSSR count). The molecule has 142 valence electrons. The molecule has 0 N–H and O–H groups in total. The smallest absolute Gasteiger partial charge is 0.303 e. The molecular weight excluding hydrogens is 332 g/mol. The maximum Gasteiger partial charge on any atom is 0.303 e. The summed E-state index contributed by atoms with van der Waals surface area (Å²) in [6, 6.07) is -1.17. The highest BCUT2D eigenvalue weighted by Gasteiger charge is 2.39. The second kappa shape index (κ2) is 8.28. The number of likely N-dealkylation sites (N-methyl/N-ethyl adjacent to an activating group) is 1. The predicted molar refractivity (Wildman–Crippen MR) is 83.7 cm³/mol. The van der Waals surface area contributed by atoms with Gasteiger partial charge < -0.3 is 28.8 Å². The van der Waals surface area contributed by atoms with Crippen molar-refractivity contribution in [1.82, 2.24) is 4.90 Å². The molecule has 0 bridgehead atoms. The van der Waals surface area contributed by atoms with Crippen molar-refractivity contribution in [3.05, 3.63) is 0 Å². The van der Waals surface area contributed by atoms with Crippen LogP contribution in [0.4, 0.5) is 0 Å². The standard InChI is InChI=1S/C16H26N2O7/c1-10(19)24-12-6-14(16(22)23)17(8-12)15(21)7-13(25-11(2)20)9-18(3,4)5/h12-14H,6-9H2,1-5H3. The molecule has 1 saturated heterocycles. The number of esters is 2. The average Bonchev–Trinajstić information content (AvgIpc) is 2.78. The van der Waals surface area contributed by atoms with Crippen molar-refractivity contribution in [3.63, 3.8) is 0 Å². The normalized spacial score (nSPS) is 21.6. The summed E-state index contributed by atoms with van der Waals surface area (Å²) < 4.78 is 10.7. The van der Waals surface area contributed by atoms with E-state index < -0.39 is 42.1 Å². The van der Waals surface area contributed by atoms with Gasteiger partial charge in [-0.25, -0.2) is 0 Å². The van der Waals surface area contributed by atoms with Crippen molar-refractivity contribution < 1.29 is 38.2 Å². The van der Waals surface area contributed by atoms with E-state index in [4.69, 9.17) is 9.47 Å². The highest BCUT2D eigenvalue weighted by molar-refractivity contribution is 5.84. The summed E-state index contributed by atoms with van der Waals surface area (Å²) in [4.78, 5) is 47.3. The topological polar surface area (TPSA) is 113 Å². The Morgan fingerprint density at radius 2 is 1.76 bits per heavy atom. The number of ether oxygens (including phenoxy) is 2. The van der Waals surface area contributed by atoms with Crippen molar-refractivity contribution in [2.75, 3.05) is 34.2 Å². The number of hydrogen-bond donors (Lipinski definition) is 0. The van der Waals surface area contributed by atoms with Crippen molar-refractivity contribution in [3.8, 4) is 0 Å². The second-order valence-corrected chi connectivity index (χ2v) is 7.26. The molecule has 1 aliphatic rings. The van der Waals surface area contributed by atoms with Gasteiger partial charge in [-0.1, -0.05) is 0 Å². The van der Waals surface area contributed by atoms with E-state index in [-0.39, 0.29) is 19.4 Å². The Morgan fingerprint density at radius 1 is 1.16 bits per heavy atom. The number of carboxylic acids is 1. The maximum absolute atomic E-state index is 12.6. The van der Waals surface area contributed by atoms with E-state index in [0.29, 0.717) is 11.0 Å². The van der Waals surface area contributed by atoms with Gasteiger partial charge in [-0.2, -0.15) is 0 Å². The Morgan fingerprint density at radius 3 is 2.20 bits per heavy atom. The van der Waals surface area contributed by atoms with Crippen LogP contribution in [0.2, 0.25) is 0 Å². The second-order valence-electron chi connectivity index (χ2n) is 7.26. The molecule has 1 amide bonds. The Hall–Kier alpha value is -2.16. The molecule has 3 unspecified atom stereocenters. The SMILES string of the molecule is CC(=O)OC1CC(C(=O)[O-])N(C(=O)CC(C[N+](C)(C)C)OC(C)=O)C1. The first kappa shape index (κ1) is 20.9. The summed E-state index contributed by atoms with van der Waals surface area (Å²) in [5, 5.41) is 11.3. The van der Waals surface area contributed by atoms with Gasteiger partial charge in [0.25, 0.3) is 0 Å². The zero-order valence-electron chi connectivity index (χ0n) is 15.3. The fourth-order valence-electron chi connectivity index (χ4n) is 2.92. The zero-order chi connectivity index (χ0) is 19.4. The number of carboxylic acid groups (broad SMARTS) is 1. The summed E-state index contributed by atoms with van der Waals surface area (Å²) in [6.07, 6.45) is -1.53. The molecule has 25 heavy (non-hydrogen) atoms. The Labute approximate surface area is 147 Å². The minimum Gasteiger partial charge on any atom is -0.548 e. The molecule has 1 fully saturated rings. The van der Waals surface area contributed by atoms with Crippen molar-refractivity contribution >= 4 is 23.8 Å². The van der Waals surface area contributed by atoms with Crippen LogP contribution in [0, 0.1) is 0 Å². The van der Waals surface area contributed by atoms with E-state index in [1.165, 1.54) is 13.8 Å². The predicted octanol–water partition coefficient (Wildman–Crippen LogP) is -1.70. The monoisotopic (exact) mass is 358 g/mol. The fourth-order valence-corrected chi connectivity index (χ4v) is 2.92. The minimum absolute atomic E-state index is 0.0127. The molecule has 0 saturated carbocycles. The van der Waals surface area contributed by atoms with Gasteiger partial charge in [-0.05, 0) is 0 Å². The first-order valence-electron chi connectivity index (χ1n) is 8.04. The minimum atomic E-state index is -1.40. The molecule has 0 spiro atoms. The first-order valence-corrected chi connectivity index (χ1v) is 8.04. The molecule has 0 aliphatic carbocycles. The van der Waals surface area contributed by atoms with Crippen LogP contribution in [0.5, 0.6) is 0 Å². The first-order chi connectivity index (χ1) is 11.4. The van der Waals surface area contributed by atoms with Crippen molar-refractivity contribution in [2.24, 2.45) is 0 Å². The van der Waals surface area contributed by atoms with Gasteiger partial charge in [0.15, 0.2) is 6.10 Å². The van der Waals surface area contributed by atoms with Crippen LogP contribution in [-0.4, -0.2) is 85.7 Å². The van der Waals surface area contributed by atoms with Crippen LogP contribution in [-0.2, 0) is 28.7 Å². The van der Waals surface area contributed by atoms with E-state index in [0.717, 1.165) is 4.90 Å². The van der Waals surface area contributed by atoms with Gasteiger partial charge in [-0.3, -0.25) is 14.4 Å². The van der Waals surface area contributed by atoms with Crippen LogP contribution in [0.1, 0.15) is 26.7 Å². The number of carbonyl (C=O) groups is 4. The van der Waals surface area contributed by atoms with Crippen LogP contribution in [0.25, 0.3) is 0 Å². The molecule has 1 heterocycles. The summed E-state index contributed by atoms with van der Waals surface area (Å²) in [7, 11) is 5.66. The van der Waals surface area contributed by atoms with Gasteiger partial charge in [0.2, 0.25) is 5.91 Å². The van der Waals surface area contributed by atoms with Gasteiger partial charge in [-0.15, -0.1) is 0 Å². The number of likely N-dealkylation sites (tertiary alicyclic amines) is 1. The van der Waals surface area contributed by atoms with Crippen LogP contribution < -0.4 is 5.11 Å². The molecule has 9 nitrogen and oxygen atoms in total. The number of nitrogens with zero attached hydrogens (tertiary/aromatic N) is 2. The third-order valence-corrected chi connectivity index (χ3v) is 3.67. The number of hydrogen-bond acceptors (Lipinski definition) is 7. The molecule has 0 aromatic carbocycles. The van der Waals surface area contributed by atoms with E-state index in [1.54, 1.807) is 0 Å². The van der Waals surface area contributed by atoms with E-state index in [9.17, 15) is 24.3 Å². The van der Waals surface area contributed by atoms with E-state index in [1.807, 2.05) is 21.1 Å². The van der Waals surface area contributed by atoms with Crippen LogP contribution in [0.15, 0.2) is 0 Å². The van der Waals surface area contributed by atoms with Crippen LogP contribution in [0.3, 0.4) is 0 Å². The summed E-state index contributed by atoms with van der Waals surface area (Å²) in [5.74, 6) is -2.94. The summed E-state index contributed by atoms with van der Waals surface area (Å²) in [5.41, 5.74) is 0. The zero-order valence-corrected chi connectivity index (χ0v) is 15.3. The molecule has 0 radical (unpaired) electrons. The molecule has 3 atom stereocenters. The molecule has 1 aliphatic heterocycles. The average molecular weight is 358 g/mol. The Kier molecular flexibility index (Phi) is 6.92. The Bertz CT molecular complexity index is 541. The fraction of sp³-hybridized carbons (Fsp3) is 0.750. The third kappa shape index (κ3) is 7.08. The third-order valence-electron chi connectivity index (χ3n) is 3.67. The number of aliphatic carboxylic acids is 1. The molecule has 0 aromatic rings. The molecule has 9 heteroatoms. The Balaban J connectivity index is 2.84. The van der Waals surface area contributed by atoms with E-state index in [2.05, 4.69) is 0 Å². The van der Waals surface area contributed by atoms with Crippen molar-refractivity contribution in [2.45, 2.75) is 44.9 Å². The van der Waals surface area contributed by atoms with Crippen molar-refractivity contribution in [1.29, 1.82) is 0 Å². The highest BCUT2D eigenvalue weighted by atomic mass is 16.5. The number of rotatable bonds is 7. The highest BCUT2D eigenvalue weighted by Crippen LogP contribution is 2.22. The van der Waals surface area contributed by atoms with Crippen LogP contribution >= 0.6 is 0 Å². The largest absolute Gasteiger partial charge is 0.548 e. The lowest BCUT2D eigenvalue weighted by Crippen LogP contribution is -2.49. The van der Waals surface area contributed by atoms with Gasteiger partial charge in [0, 0.05) is 20.3 Å². The summed E-state index contributed by atoms with van der Waals surface area (Å²) >= 11 is 0. The lowest BCUT2D eigenvalue weighted by atomic mass is 10.1. The quantitative estimate of drug-likeness (QED) is 0.394. The lowest BCUT2D eigenvalue weighted by Gasteiger charge is -2.30. The number of quaternary nitrogens is 1. The van der Waals surface area contributed by atoms with Gasteiger partial charge in [0.05, 0.1) is 46.1 Å². The van der Waals surface area contributed by atoms with E-state index >= 15 is 0 Å². The number of amides is 1. The molecule has 0 aromatic heterocycles. The van der Waals surface area contributed by atoms with Gasteiger partial charge in [0.1, 0.15) is 12.6 Å². The molecular formula is C16H26N2O7.